The van der Waals surface area contributed by atoms with Gasteiger partial charge in [-0.3, -0.25) is 9.59 Å². The number of benzene rings is 1. The Balaban J connectivity index is 2.12. The number of hydrogen-bond donors (Lipinski definition) is 0. The fraction of sp³-hybridized carbons (Fsp3) is 0.467. The molecule has 0 aliphatic heterocycles. The molecular formula is C15H20O4. The number of carbonyl (C=O) groups excluding carboxylic acids is 2. The van der Waals surface area contributed by atoms with Crippen molar-refractivity contribution in [2.75, 3.05) is 6.61 Å². The number of ether oxygens (including phenoxy) is 2. The molecule has 0 fully saturated rings. The topological polar surface area (TPSA) is 52.6 Å². The quantitative estimate of drug-likeness (QED) is 0.535. The maximum atomic E-state index is 11.4. The summed E-state index contributed by atoms with van der Waals surface area (Å²) >= 11 is 0. The van der Waals surface area contributed by atoms with E-state index in [1.54, 1.807) is 0 Å². The summed E-state index contributed by atoms with van der Waals surface area (Å²) in [5.74, 6) is -0.721. The van der Waals surface area contributed by atoms with Crippen molar-refractivity contribution < 1.29 is 19.1 Å². The Hall–Kier alpha value is -1.84. The van der Waals surface area contributed by atoms with Gasteiger partial charge < -0.3 is 9.47 Å². The molecule has 0 radical (unpaired) electrons. The highest BCUT2D eigenvalue weighted by atomic mass is 16.5. The Morgan fingerprint density at radius 3 is 2.26 bits per heavy atom. The Morgan fingerprint density at radius 2 is 1.63 bits per heavy atom. The van der Waals surface area contributed by atoms with E-state index in [4.69, 9.17) is 9.47 Å². The van der Waals surface area contributed by atoms with Gasteiger partial charge in [0.05, 0.1) is 19.4 Å². The molecule has 0 N–H and O–H groups in total. The van der Waals surface area contributed by atoms with Crippen LogP contribution in [0.15, 0.2) is 30.3 Å². The van der Waals surface area contributed by atoms with Crippen LogP contribution in [-0.4, -0.2) is 18.5 Å². The van der Waals surface area contributed by atoms with Gasteiger partial charge in [-0.05, 0) is 12.0 Å². The molecule has 104 valence electrons. The number of carbonyl (C=O) groups is 2. The summed E-state index contributed by atoms with van der Waals surface area (Å²) in [5.41, 5.74) is 0.932. The van der Waals surface area contributed by atoms with Crippen molar-refractivity contribution in [3.63, 3.8) is 0 Å². The summed E-state index contributed by atoms with van der Waals surface area (Å²) < 4.78 is 10.0. The highest BCUT2D eigenvalue weighted by molar-refractivity contribution is 5.77. The van der Waals surface area contributed by atoms with Crippen molar-refractivity contribution in [1.29, 1.82) is 0 Å². The molecule has 0 spiro atoms. The van der Waals surface area contributed by atoms with Crippen molar-refractivity contribution in [2.45, 2.75) is 39.2 Å². The number of unbranched alkanes of at least 4 members (excludes halogenated alkanes) is 1. The lowest BCUT2D eigenvalue weighted by Crippen LogP contribution is -2.10. The van der Waals surface area contributed by atoms with Crippen molar-refractivity contribution in [3.05, 3.63) is 35.9 Å². The molecule has 1 rings (SSSR count). The largest absolute Gasteiger partial charge is 0.466 e. The zero-order valence-corrected chi connectivity index (χ0v) is 11.3. The van der Waals surface area contributed by atoms with Crippen LogP contribution in [0.5, 0.6) is 0 Å². The third kappa shape index (κ3) is 7.24. The third-order valence-electron chi connectivity index (χ3n) is 2.54. The second kappa shape index (κ2) is 9.14. The molecule has 0 saturated carbocycles. The molecule has 1 aromatic rings. The second-order valence-electron chi connectivity index (χ2n) is 4.22. The number of rotatable bonds is 8. The van der Waals surface area contributed by atoms with E-state index in [9.17, 15) is 9.59 Å². The predicted molar refractivity (Wildman–Crippen MR) is 71.3 cm³/mol. The summed E-state index contributed by atoms with van der Waals surface area (Å²) in [7, 11) is 0. The molecule has 4 heteroatoms. The Labute approximate surface area is 113 Å². The average molecular weight is 264 g/mol. The molecule has 0 aliphatic rings. The van der Waals surface area contributed by atoms with E-state index in [0.29, 0.717) is 6.61 Å². The third-order valence-corrected chi connectivity index (χ3v) is 2.54. The van der Waals surface area contributed by atoms with Gasteiger partial charge >= 0.3 is 11.9 Å². The lowest BCUT2D eigenvalue weighted by Gasteiger charge is -2.05. The lowest BCUT2D eigenvalue weighted by atomic mass is 10.2. The molecule has 1 aromatic carbocycles. The van der Waals surface area contributed by atoms with E-state index in [1.165, 1.54) is 0 Å². The Bertz CT molecular complexity index is 386. The predicted octanol–water partition coefficient (Wildman–Crippen LogP) is 2.85. The lowest BCUT2D eigenvalue weighted by molar-refractivity contribution is -0.151. The maximum Gasteiger partial charge on any atom is 0.306 e. The maximum absolute atomic E-state index is 11.4. The average Bonchev–Trinajstić information content (AvgIpc) is 2.44. The Kier molecular flexibility index (Phi) is 7.32. The molecule has 0 amide bonds. The van der Waals surface area contributed by atoms with Crippen LogP contribution in [0.3, 0.4) is 0 Å². The van der Waals surface area contributed by atoms with Gasteiger partial charge in [0.1, 0.15) is 6.61 Å². The first kappa shape index (κ1) is 15.2. The van der Waals surface area contributed by atoms with Crippen molar-refractivity contribution in [1.82, 2.24) is 0 Å². The molecule has 0 aromatic heterocycles. The fourth-order valence-corrected chi connectivity index (χ4v) is 1.42. The van der Waals surface area contributed by atoms with E-state index in [2.05, 4.69) is 0 Å². The smallest absolute Gasteiger partial charge is 0.306 e. The molecule has 4 nitrogen and oxygen atoms in total. The van der Waals surface area contributed by atoms with Crippen LogP contribution in [0.2, 0.25) is 0 Å². The first-order chi connectivity index (χ1) is 9.22. The molecule has 0 unspecified atom stereocenters. The summed E-state index contributed by atoms with van der Waals surface area (Å²) in [6, 6.07) is 9.43. The van der Waals surface area contributed by atoms with Gasteiger partial charge in [0.2, 0.25) is 0 Å². The van der Waals surface area contributed by atoms with Crippen LogP contribution < -0.4 is 0 Å². The second-order valence-corrected chi connectivity index (χ2v) is 4.22. The first-order valence-electron chi connectivity index (χ1n) is 6.57. The van der Waals surface area contributed by atoms with E-state index in [1.807, 2.05) is 37.3 Å². The van der Waals surface area contributed by atoms with Crippen LogP contribution in [0.25, 0.3) is 0 Å². The monoisotopic (exact) mass is 264 g/mol. The van der Waals surface area contributed by atoms with Gasteiger partial charge in [-0.2, -0.15) is 0 Å². The Morgan fingerprint density at radius 1 is 1.00 bits per heavy atom. The summed E-state index contributed by atoms with van der Waals surface area (Å²) in [6.45, 7) is 2.69. The van der Waals surface area contributed by atoms with Gasteiger partial charge in [-0.1, -0.05) is 43.7 Å². The van der Waals surface area contributed by atoms with Crippen LogP contribution in [0.4, 0.5) is 0 Å². The van der Waals surface area contributed by atoms with Crippen LogP contribution in [0.1, 0.15) is 38.2 Å². The molecular weight excluding hydrogens is 244 g/mol. The van der Waals surface area contributed by atoms with Crippen molar-refractivity contribution in [3.8, 4) is 0 Å². The van der Waals surface area contributed by atoms with E-state index >= 15 is 0 Å². The minimum Gasteiger partial charge on any atom is -0.466 e. The standard InChI is InChI=1S/C15H20O4/c1-2-3-11-18-14(16)9-10-15(17)19-12-13-7-5-4-6-8-13/h4-8H,2-3,9-12H2,1H3. The molecule has 0 saturated heterocycles. The molecule has 0 atom stereocenters. The summed E-state index contributed by atoms with van der Waals surface area (Å²) in [6.07, 6.45) is 1.98. The van der Waals surface area contributed by atoms with Crippen LogP contribution in [-0.2, 0) is 25.7 Å². The van der Waals surface area contributed by atoms with E-state index in [0.717, 1.165) is 18.4 Å². The van der Waals surface area contributed by atoms with E-state index in [-0.39, 0.29) is 31.4 Å². The molecule has 0 aliphatic carbocycles. The number of esters is 2. The highest BCUT2D eigenvalue weighted by Gasteiger charge is 2.09. The summed E-state index contributed by atoms with van der Waals surface area (Å²) in [4.78, 5) is 22.7. The molecule has 0 heterocycles. The van der Waals surface area contributed by atoms with Gasteiger partial charge in [-0.25, -0.2) is 0 Å². The van der Waals surface area contributed by atoms with Crippen molar-refractivity contribution >= 4 is 11.9 Å². The summed E-state index contributed by atoms with van der Waals surface area (Å²) in [5, 5.41) is 0. The minimum atomic E-state index is -0.378. The fourth-order valence-electron chi connectivity index (χ4n) is 1.42. The van der Waals surface area contributed by atoms with Gasteiger partial charge in [0.15, 0.2) is 0 Å². The highest BCUT2D eigenvalue weighted by Crippen LogP contribution is 2.03. The SMILES string of the molecule is CCCCOC(=O)CCC(=O)OCc1ccccc1. The zero-order chi connectivity index (χ0) is 13.9. The molecule has 0 bridgehead atoms. The van der Waals surface area contributed by atoms with Gasteiger partial charge in [0, 0.05) is 0 Å². The van der Waals surface area contributed by atoms with Crippen LogP contribution >= 0.6 is 0 Å². The normalized spacial score (nSPS) is 9.95. The number of hydrogen-bond acceptors (Lipinski definition) is 4. The zero-order valence-electron chi connectivity index (χ0n) is 11.3. The van der Waals surface area contributed by atoms with E-state index < -0.39 is 0 Å². The van der Waals surface area contributed by atoms with Crippen LogP contribution in [0, 0.1) is 0 Å². The van der Waals surface area contributed by atoms with Gasteiger partial charge in [-0.15, -0.1) is 0 Å². The van der Waals surface area contributed by atoms with Crippen molar-refractivity contribution in [2.24, 2.45) is 0 Å². The van der Waals surface area contributed by atoms with Gasteiger partial charge in [0.25, 0.3) is 0 Å². The minimum absolute atomic E-state index is 0.0673. The molecule has 19 heavy (non-hydrogen) atoms. The first-order valence-corrected chi connectivity index (χ1v) is 6.57.